The Labute approximate surface area is 96.8 Å². The molecular weight excluding hydrogens is 208 g/mol. The predicted molar refractivity (Wildman–Crippen MR) is 66.2 cm³/mol. The molecule has 0 saturated carbocycles. The smallest absolute Gasteiger partial charge is 0.0438 e. The first-order valence-corrected chi connectivity index (χ1v) is 5.77. The van der Waals surface area contributed by atoms with Crippen LogP contribution >= 0.6 is 11.6 Å². The third-order valence-corrected chi connectivity index (χ3v) is 2.78. The van der Waals surface area contributed by atoms with Gasteiger partial charge in [-0.2, -0.15) is 0 Å². The minimum absolute atomic E-state index is 0.776. The van der Waals surface area contributed by atoms with Gasteiger partial charge < -0.3 is 11.1 Å². The number of hydrogen-bond donors (Lipinski definition) is 2. The highest BCUT2D eigenvalue weighted by Crippen LogP contribution is 2.16. The molecule has 0 aliphatic carbocycles. The molecule has 2 nitrogen and oxygen atoms in total. The number of unbranched alkanes of at least 4 members (excludes halogenated alkanes) is 1. The zero-order valence-corrected chi connectivity index (χ0v) is 9.98. The fourth-order valence-corrected chi connectivity index (χ4v) is 1.58. The van der Waals surface area contributed by atoms with Crippen LogP contribution in [0.5, 0.6) is 0 Å². The van der Waals surface area contributed by atoms with Crippen LogP contribution in [0, 0.1) is 6.92 Å². The van der Waals surface area contributed by atoms with E-state index < -0.39 is 0 Å². The summed E-state index contributed by atoms with van der Waals surface area (Å²) in [6.07, 6.45) is 2.22. The first-order valence-electron chi connectivity index (χ1n) is 5.40. The van der Waals surface area contributed by atoms with E-state index in [4.69, 9.17) is 17.3 Å². The van der Waals surface area contributed by atoms with Crippen molar-refractivity contribution >= 4 is 11.6 Å². The molecule has 0 aromatic heterocycles. The molecule has 0 heterocycles. The van der Waals surface area contributed by atoms with E-state index in [0.29, 0.717) is 0 Å². The Kier molecular flexibility index (Phi) is 5.69. The van der Waals surface area contributed by atoms with Crippen molar-refractivity contribution in [3.63, 3.8) is 0 Å². The third kappa shape index (κ3) is 4.65. The van der Waals surface area contributed by atoms with Gasteiger partial charge in [-0.25, -0.2) is 0 Å². The standard InChI is InChI=1S/C12H19ClN2/c1-10-4-5-11(8-12(10)13)9-15-7-3-2-6-14/h4-5,8,15H,2-3,6-7,9,14H2,1H3. The summed E-state index contributed by atoms with van der Waals surface area (Å²) in [7, 11) is 0. The monoisotopic (exact) mass is 226 g/mol. The number of hydrogen-bond acceptors (Lipinski definition) is 2. The van der Waals surface area contributed by atoms with Crippen LogP contribution in [0.2, 0.25) is 5.02 Å². The van der Waals surface area contributed by atoms with Gasteiger partial charge in [0.05, 0.1) is 0 Å². The maximum Gasteiger partial charge on any atom is 0.0438 e. The molecule has 15 heavy (non-hydrogen) atoms. The molecule has 0 aliphatic heterocycles. The van der Waals surface area contributed by atoms with Crippen molar-refractivity contribution in [1.29, 1.82) is 0 Å². The molecule has 1 aromatic rings. The Morgan fingerprint density at radius 2 is 2.13 bits per heavy atom. The molecular formula is C12H19ClN2. The van der Waals surface area contributed by atoms with Crippen molar-refractivity contribution in [2.75, 3.05) is 13.1 Å². The Morgan fingerprint density at radius 3 is 2.80 bits per heavy atom. The lowest BCUT2D eigenvalue weighted by molar-refractivity contribution is 0.627. The van der Waals surface area contributed by atoms with E-state index in [1.54, 1.807) is 0 Å². The van der Waals surface area contributed by atoms with Gasteiger partial charge in [-0.15, -0.1) is 0 Å². The molecule has 0 saturated heterocycles. The first-order chi connectivity index (χ1) is 7.24. The van der Waals surface area contributed by atoms with Crippen LogP contribution in [-0.4, -0.2) is 13.1 Å². The average molecular weight is 227 g/mol. The highest BCUT2D eigenvalue weighted by molar-refractivity contribution is 6.31. The van der Waals surface area contributed by atoms with E-state index >= 15 is 0 Å². The van der Waals surface area contributed by atoms with E-state index in [1.165, 1.54) is 5.56 Å². The minimum atomic E-state index is 0.776. The molecule has 0 bridgehead atoms. The largest absolute Gasteiger partial charge is 0.330 e. The van der Waals surface area contributed by atoms with E-state index in [-0.39, 0.29) is 0 Å². The molecule has 84 valence electrons. The van der Waals surface area contributed by atoms with Crippen LogP contribution in [0.25, 0.3) is 0 Å². The summed E-state index contributed by atoms with van der Waals surface area (Å²) >= 11 is 6.03. The summed E-state index contributed by atoms with van der Waals surface area (Å²) in [6.45, 7) is 4.69. The SMILES string of the molecule is Cc1ccc(CNCCCCN)cc1Cl. The van der Waals surface area contributed by atoms with Gasteiger partial charge in [-0.1, -0.05) is 23.7 Å². The molecule has 0 radical (unpaired) electrons. The quantitative estimate of drug-likeness (QED) is 0.732. The van der Waals surface area contributed by atoms with Crippen LogP contribution in [0.4, 0.5) is 0 Å². The summed E-state index contributed by atoms with van der Waals surface area (Å²) in [5.74, 6) is 0. The predicted octanol–water partition coefficient (Wildman–Crippen LogP) is 2.48. The summed E-state index contributed by atoms with van der Waals surface area (Å²) in [5, 5.41) is 4.21. The van der Waals surface area contributed by atoms with Crippen molar-refractivity contribution in [2.24, 2.45) is 5.73 Å². The number of benzene rings is 1. The Morgan fingerprint density at radius 1 is 1.33 bits per heavy atom. The normalized spacial score (nSPS) is 10.6. The van der Waals surface area contributed by atoms with Crippen molar-refractivity contribution in [2.45, 2.75) is 26.3 Å². The van der Waals surface area contributed by atoms with Gasteiger partial charge in [0.1, 0.15) is 0 Å². The highest BCUT2D eigenvalue weighted by Gasteiger charge is 1.97. The second kappa shape index (κ2) is 6.83. The van der Waals surface area contributed by atoms with Gasteiger partial charge in [-0.3, -0.25) is 0 Å². The second-order valence-electron chi connectivity index (χ2n) is 3.76. The van der Waals surface area contributed by atoms with Crippen molar-refractivity contribution < 1.29 is 0 Å². The minimum Gasteiger partial charge on any atom is -0.330 e. The lowest BCUT2D eigenvalue weighted by atomic mass is 10.1. The molecule has 0 atom stereocenters. The number of nitrogens with two attached hydrogens (primary N) is 1. The van der Waals surface area contributed by atoms with Gasteiger partial charge in [0.2, 0.25) is 0 Å². The lowest BCUT2D eigenvalue weighted by Gasteiger charge is -2.06. The number of nitrogens with one attached hydrogen (secondary N) is 1. The van der Waals surface area contributed by atoms with Crippen molar-refractivity contribution in [3.05, 3.63) is 34.3 Å². The Hall–Kier alpha value is -0.570. The van der Waals surface area contributed by atoms with Crippen LogP contribution in [-0.2, 0) is 6.54 Å². The lowest BCUT2D eigenvalue weighted by Crippen LogP contribution is -2.15. The van der Waals surface area contributed by atoms with Gasteiger partial charge in [0.15, 0.2) is 0 Å². The fourth-order valence-electron chi connectivity index (χ4n) is 1.37. The molecule has 1 rings (SSSR count). The van der Waals surface area contributed by atoms with E-state index in [1.807, 2.05) is 13.0 Å². The maximum absolute atomic E-state index is 6.03. The van der Waals surface area contributed by atoms with Crippen LogP contribution in [0.3, 0.4) is 0 Å². The van der Waals surface area contributed by atoms with E-state index in [9.17, 15) is 0 Å². The molecule has 0 amide bonds. The summed E-state index contributed by atoms with van der Waals surface area (Å²) in [5.41, 5.74) is 7.78. The Balaban J connectivity index is 2.28. The molecule has 1 aromatic carbocycles. The number of aryl methyl sites for hydroxylation is 1. The summed E-state index contributed by atoms with van der Waals surface area (Å²) in [4.78, 5) is 0. The first kappa shape index (κ1) is 12.5. The topological polar surface area (TPSA) is 38.0 Å². The van der Waals surface area contributed by atoms with Crippen LogP contribution in [0.1, 0.15) is 24.0 Å². The molecule has 0 unspecified atom stereocenters. The van der Waals surface area contributed by atoms with E-state index in [0.717, 1.165) is 43.1 Å². The molecule has 0 fully saturated rings. The second-order valence-corrected chi connectivity index (χ2v) is 4.16. The van der Waals surface area contributed by atoms with Gasteiger partial charge in [0, 0.05) is 11.6 Å². The van der Waals surface area contributed by atoms with Gasteiger partial charge in [0.25, 0.3) is 0 Å². The number of halogens is 1. The summed E-state index contributed by atoms with van der Waals surface area (Å²) in [6, 6.07) is 6.18. The van der Waals surface area contributed by atoms with Gasteiger partial charge >= 0.3 is 0 Å². The fraction of sp³-hybridized carbons (Fsp3) is 0.500. The molecule has 3 heteroatoms. The Bertz CT molecular complexity index is 300. The maximum atomic E-state index is 6.03. The molecule has 0 spiro atoms. The molecule has 0 aliphatic rings. The van der Waals surface area contributed by atoms with Crippen molar-refractivity contribution in [3.8, 4) is 0 Å². The van der Waals surface area contributed by atoms with Gasteiger partial charge in [-0.05, 0) is 50.0 Å². The number of rotatable bonds is 6. The van der Waals surface area contributed by atoms with Crippen LogP contribution < -0.4 is 11.1 Å². The van der Waals surface area contributed by atoms with Crippen LogP contribution in [0.15, 0.2) is 18.2 Å². The van der Waals surface area contributed by atoms with Crippen molar-refractivity contribution in [1.82, 2.24) is 5.32 Å². The third-order valence-electron chi connectivity index (χ3n) is 2.37. The van der Waals surface area contributed by atoms with E-state index in [2.05, 4.69) is 17.4 Å². The summed E-state index contributed by atoms with van der Waals surface area (Å²) < 4.78 is 0. The molecule has 3 N–H and O–H groups in total. The highest BCUT2D eigenvalue weighted by atomic mass is 35.5. The zero-order valence-electron chi connectivity index (χ0n) is 9.22. The zero-order chi connectivity index (χ0) is 11.1. The average Bonchev–Trinajstić information content (AvgIpc) is 2.23.